The molecule has 0 saturated carbocycles. The van der Waals surface area contributed by atoms with Gasteiger partial charge in [0, 0.05) is 31.7 Å². The van der Waals surface area contributed by atoms with Gasteiger partial charge in [0.1, 0.15) is 0 Å². The van der Waals surface area contributed by atoms with Crippen LogP contribution in [0.15, 0.2) is 47.4 Å². The Bertz CT molecular complexity index is 1100. The fourth-order valence-electron chi connectivity index (χ4n) is 4.26. The second kappa shape index (κ2) is 9.44. The lowest BCUT2D eigenvalue weighted by atomic mass is 9.87. The molecule has 2 aromatic rings. The van der Waals surface area contributed by atoms with Crippen LogP contribution >= 0.6 is 0 Å². The van der Waals surface area contributed by atoms with Crippen LogP contribution in [-0.4, -0.2) is 58.0 Å². The van der Waals surface area contributed by atoms with Gasteiger partial charge < -0.3 is 15.0 Å². The van der Waals surface area contributed by atoms with E-state index in [1.165, 1.54) is 4.31 Å². The summed E-state index contributed by atoms with van der Waals surface area (Å²) in [4.78, 5) is 15.5. The molecule has 2 aliphatic rings. The van der Waals surface area contributed by atoms with E-state index in [1.807, 2.05) is 30.3 Å². The van der Waals surface area contributed by atoms with Gasteiger partial charge in [0.15, 0.2) is 0 Å². The number of carbonyl (C=O) groups is 1. The molecule has 2 fully saturated rings. The van der Waals surface area contributed by atoms with Gasteiger partial charge in [-0.15, -0.1) is 0 Å². The van der Waals surface area contributed by atoms with E-state index in [1.54, 1.807) is 12.1 Å². The van der Waals surface area contributed by atoms with Crippen LogP contribution in [0.4, 0.5) is 11.4 Å². The smallest absolute Gasteiger partial charge is 0.255 e. The molecule has 0 radical (unpaired) electrons. The molecule has 1 N–H and O–H groups in total. The predicted octanol–water partition coefficient (Wildman–Crippen LogP) is 3.86. The fourth-order valence-corrected chi connectivity index (χ4v) is 5.70. The van der Waals surface area contributed by atoms with Crippen LogP contribution in [0.1, 0.15) is 49.5 Å². The van der Waals surface area contributed by atoms with Crippen molar-refractivity contribution in [3.63, 3.8) is 0 Å². The molecule has 0 aromatic heterocycles. The number of hydrogen-bond donors (Lipinski definition) is 1. The molecule has 7 nitrogen and oxygen atoms in total. The van der Waals surface area contributed by atoms with Gasteiger partial charge in [-0.05, 0) is 54.2 Å². The van der Waals surface area contributed by atoms with E-state index in [9.17, 15) is 13.2 Å². The fraction of sp³-hybridized carbons (Fsp3) is 0.480. The maximum atomic E-state index is 13.2. The number of morpholine rings is 1. The van der Waals surface area contributed by atoms with Gasteiger partial charge in [0.25, 0.3) is 5.91 Å². The van der Waals surface area contributed by atoms with E-state index in [-0.39, 0.29) is 16.2 Å². The Morgan fingerprint density at radius 3 is 2.18 bits per heavy atom. The Morgan fingerprint density at radius 1 is 0.939 bits per heavy atom. The standard InChI is InChI=1S/C25H33N3O4S/c1-25(2,3)20-8-6-19(7-9-20)24(29)26-22-18-21(10-11-23(22)27-12-4-5-13-27)33(30,31)28-14-16-32-17-15-28/h6-11,18H,4-5,12-17H2,1-3H3,(H,26,29). The first kappa shape index (κ1) is 23.7. The van der Waals surface area contributed by atoms with Crippen molar-refractivity contribution in [2.24, 2.45) is 0 Å². The monoisotopic (exact) mass is 471 g/mol. The van der Waals surface area contributed by atoms with Crippen molar-refractivity contribution in [2.75, 3.05) is 49.6 Å². The Balaban J connectivity index is 1.64. The van der Waals surface area contributed by atoms with Crippen LogP contribution in [-0.2, 0) is 20.2 Å². The molecule has 2 aliphatic heterocycles. The first-order chi connectivity index (χ1) is 15.7. The highest BCUT2D eigenvalue weighted by Gasteiger charge is 2.28. The molecule has 0 unspecified atom stereocenters. The molecule has 0 bridgehead atoms. The zero-order chi connectivity index (χ0) is 23.6. The number of ether oxygens (including phenoxy) is 1. The Hall–Kier alpha value is -2.42. The minimum atomic E-state index is -3.66. The van der Waals surface area contributed by atoms with E-state index < -0.39 is 10.0 Å². The van der Waals surface area contributed by atoms with Crippen LogP contribution < -0.4 is 10.2 Å². The first-order valence-corrected chi connectivity index (χ1v) is 13.0. The summed E-state index contributed by atoms with van der Waals surface area (Å²) in [6.45, 7) is 9.60. The van der Waals surface area contributed by atoms with E-state index >= 15 is 0 Å². The third-order valence-electron chi connectivity index (χ3n) is 6.28. The molecule has 0 aliphatic carbocycles. The van der Waals surface area contributed by atoms with Gasteiger partial charge in [-0.3, -0.25) is 4.79 Å². The maximum absolute atomic E-state index is 13.2. The lowest BCUT2D eigenvalue weighted by Gasteiger charge is -2.27. The molecule has 4 rings (SSSR count). The Labute approximate surface area is 196 Å². The summed E-state index contributed by atoms with van der Waals surface area (Å²) in [5, 5.41) is 2.99. The van der Waals surface area contributed by atoms with Gasteiger partial charge in [-0.25, -0.2) is 8.42 Å². The molecule has 2 aromatic carbocycles. The van der Waals surface area contributed by atoms with E-state index in [4.69, 9.17) is 4.74 Å². The van der Waals surface area contributed by atoms with Gasteiger partial charge >= 0.3 is 0 Å². The van der Waals surface area contributed by atoms with Crippen LogP contribution in [0.5, 0.6) is 0 Å². The lowest BCUT2D eigenvalue weighted by Crippen LogP contribution is -2.40. The van der Waals surface area contributed by atoms with Crippen molar-refractivity contribution in [3.8, 4) is 0 Å². The highest BCUT2D eigenvalue weighted by Crippen LogP contribution is 2.33. The maximum Gasteiger partial charge on any atom is 0.255 e. The minimum absolute atomic E-state index is 0.000111. The number of rotatable bonds is 5. The summed E-state index contributed by atoms with van der Waals surface area (Å²) in [5.74, 6) is -0.253. The minimum Gasteiger partial charge on any atom is -0.379 e. The number of anilines is 2. The molecule has 0 spiro atoms. The van der Waals surface area contributed by atoms with Crippen molar-refractivity contribution < 1.29 is 17.9 Å². The Morgan fingerprint density at radius 2 is 1.58 bits per heavy atom. The molecule has 0 atom stereocenters. The SMILES string of the molecule is CC(C)(C)c1ccc(C(=O)Nc2cc(S(=O)(=O)N3CCOCC3)ccc2N2CCCC2)cc1. The zero-order valence-electron chi connectivity index (χ0n) is 19.6. The number of carbonyl (C=O) groups excluding carboxylic acids is 1. The zero-order valence-corrected chi connectivity index (χ0v) is 20.5. The summed E-state index contributed by atoms with van der Waals surface area (Å²) >= 11 is 0. The quantitative estimate of drug-likeness (QED) is 0.717. The summed E-state index contributed by atoms with van der Waals surface area (Å²) in [6.07, 6.45) is 2.16. The average molecular weight is 472 g/mol. The number of nitrogens with zero attached hydrogens (tertiary/aromatic N) is 2. The van der Waals surface area contributed by atoms with Gasteiger partial charge in [0.05, 0.1) is 29.5 Å². The molecule has 2 heterocycles. The Kier molecular flexibility index (Phi) is 6.79. The second-order valence-electron chi connectivity index (χ2n) is 9.67. The number of amides is 1. The molecule has 1 amide bonds. The summed E-state index contributed by atoms with van der Waals surface area (Å²) < 4.78 is 33.2. The van der Waals surface area contributed by atoms with E-state index in [2.05, 4.69) is 31.0 Å². The summed E-state index contributed by atoms with van der Waals surface area (Å²) in [5.41, 5.74) is 3.07. The summed E-state index contributed by atoms with van der Waals surface area (Å²) in [6, 6.07) is 12.6. The number of benzene rings is 2. The first-order valence-electron chi connectivity index (χ1n) is 11.5. The van der Waals surface area contributed by atoms with Crippen molar-refractivity contribution in [3.05, 3.63) is 53.6 Å². The van der Waals surface area contributed by atoms with E-state index in [0.717, 1.165) is 37.2 Å². The van der Waals surface area contributed by atoms with Crippen LogP contribution in [0.3, 0.4) is 0 Å². The van der Waals surface area contributed by atoms with Crippen LogP contribution in [0.25, 0.3) is 0 Å². The third-order valence-corrected chi connectivity index (χ3v) is 8.18. The molecule has 2 saturated heterocycles. The van der Waals surface area contributed by atoms with Gasteiger partial charge in [-0.1, -0.05) is 32.9 Å². The van der Waals surface area contributed by atoms with Crippen LogP contribution in [0, 0.1) is 0 Å². The molecular weight excluding hydrogens is 438 g/mol. The summed E-state index contributed by atoms with van der Waals surface area (Å²) in [7, 11) is -3.66. The van der Waals surface area contributed by atoms with Crippen molar-refractivity contribution >= 4 is 27.3 Å². The number of sulfonamides is 1. The number of nitrogens with one attached hydrogen (secondary N) is 1. The topological polar surface area (TPSA) is 79.0 Å². The number of hydrogen-bond acceptors (Lipinski definition) is 5. The normalized spacial score (nSPS) is 17.8. The second-order valence-corrected chi connectivity index (χ2v) is 11.6. The lowest BCUT2D eigenvalue weighted by molar-refractivity contribution is 0.0730. The molecular formula is C25H33N3O4S. The molecule has 33 heavy (non-hydrogen) atoms. The predicted molar refractivity (Wildman–Crippen MR) is 131 cm³/mol. The largest absolute Gasteiger partial charge is 0.379 e. The van der Waals surface area contributed by atoms with Crippen molar-refractivity contribution in [1.82, 2.24) is 4.31 Å². The van der Waals surface area contributed by atoms with Crippen molar-refractivity contribution in [2.45, 2.75) is 43.9 Å². The van der Waals surface area contributed by atoms with Crippen molar-refractivity contribution in [1.29, 1.82) is 0 Å². The third kappa shape index (κ3) is 5.23. The average Bonchev–Trinajstić information content (AvgIpc) is 3.34. The van der Waals surface area contributed by atoms with Gasteiger partial charge in [-0.2, -0.15) is 4.31 Å². The van der Waals surface area contributed by atoms with E-state index in [0.29, 0.717) is 37.6 Å². The van der Waals surface area contributed by atoms with Gasteiger partial charge in [0.2, 0.25) is 10.0 Å². The highest BCUT2D eigenvalue weighted by molar-refractivity contribution is 7.89. The molecule has 178 valence electrons. The molecule has 8 heteroatoms. The van der Waals surface area contributed by atoms with Crippen LogP contribution in [0.2, 0.25) is 0 Å². The highest BCUT2D eigenvalue weighted by atomic mass is 32.2.